The van der Waals surface area contributed by atoms with Gasteiger partial charge in [0.1, 0.15) is 0 Å². The Bertz CT molecular complexity index is 881. The molecular formula is C23H26N2O4. The molecule has 0 spiro atoms. The second-order valence-corrected chi connectivity index (χ2v) is 7.47. The van der Waals surface area contributed by atoms with Gasteiger partial charge in [-0.05, 0) is 43.0 Å². The summed E-state index contributed by atoms with van der Waals surface area (Å²) in [6, 6.07) is 15.9. The maximum atomic E-state index is 12.9. The first-order valence-corrected chi connectivity index (χ1v) is 9.87. The highest BCUT2D eigenvalue weighted by Gasteiger charge is 2.31. The average Bonchev–Trinajstić information content (AvgIpc) is 2.73. The maximum absolute atomic E-state index is 12.9. The van der Waals surface area contributed by atoms with E-state index >= 15 is 0 Å². The molecule has 29 heavy (non-hydrogen) atoms. The molecule has 0 aromatic heterocycles. The van der Waals surface area contributed by atoms with Crippen LogP contribution in [0.3, 0.4) is 0 Å². The molecule has 2 atom stereocenters. The summed E-state index contributed by atoms with van der Waals surface area (Å²) in [5.41, 5.74) is 2.34. The Kier molecular flexibility index (Phi) is 6.65. The lowest BCUT2D eigenvalue weighted by Crippen LogP contribution is -2.46. The predicted molar refractivity (Wildman–Crippen MR) is 109 cm³/mol. The molecule has 6 nitrogen and oxygen atoms in total. The van der Waals surface area contributed by atoms with Crippen LogP contribution in [0, 0.1) is 12.8 Å². The quantitative estimate of drug-likeness (QED) is 0.788. The lowest BCUT2D eigenvalue weighted by molar-refractivity contribution is -0.138. The molecule has 6 heteroatoms. The number of aliphatic carboxylic acids is 1. The van der Waals surface area contributed by atoms with E-state index in [4.69, 9.17) is 0 Å². The number of carbonyl (C=O) groups excluding carboxylic acids is 2. The van der Waals surface area contributed by atoms with Gasteiger partial charge in [0.05, 0.1) is 18.4 Å². The van der Waals surface area contributed by atoms with Crippen LogP contribution in [0.15, 0.2) is 54.6 Å². The molecular weight excluding hydrogens is 368 g/mol. The number of likely N-dealkylation sites (tertiary alicyclic amines) is 1. The Hall–Kier alpha value is -3.15. The van der Waals surface area contributed by atoms with E-state index in [0.29, 0.717) is 25.1 Å². The SMILES string of the molecule is Cc1ccccc1C(CC(=O)O)NC(=O)C1CCCN(C(=O)c2ccccc2)C1. The number of carbonyl (C=O) groups is 3. The number of aryl methyl sites for hydroxylation is 1. The number of nitrogens with zero attached hydrogens (tertiary/aromatic N) is 1. The van der Waals surface area contributed by atoms with Crippen LogP contribution in [0.5, 0.6) is 0 Å². The summed E-state index contributed by atoms with van der Waals surface area (Å²) in [5, 5.41) is 12.2. The third-order valence-corrected chi connectivity index (χ3v) is 5.36. The van der Waals surface area contributed by atoms with Crippen LogP contribution >= 0.6 is 0 Å². The van der Waals surface area contributed by atoms with Gasteiger partial charge in [-0.15, -0.1) is 0 Å². The minimum atomic E-state index is -0.969. The smallest absolute Gasteiger partial charge is 0.305 e. The van der Waals surface area contributed by atoms with Crippen LogP contribution in [-0.2, 0) is 9.59 Å². The number of rotatable bonds is 6. The molecule has 2 aromatic carbocycles. The zero-order valence-corrected chi connectivity index (χ0v) is 16.5. The van der Waals surface area contributed by atoms with Crippen LogP contribution in [0.2, 0.25) is 0 Å². The first-order chi connectivity index (χ1) is 14.0. The molecule has 3 rings (SSSR count). The van der Waals surface area contributed by atoms with Crippen LogP contribution in [-0.4, -0.2) is 40.9 Å². The molecule has 0 radical (unpaired) electrons. The number of amides is 2. The highest BCUT2D eigenvalue weighted by Crippen LogP contribution is 2.24. The Morgan fingerprint density at radius 3 is 2.48 bits per heavy atom. The number of benzene rings is 2. The van der Waals surface area contributed by atoms with E-state index in [1.165, 1.54) is 0 Å². The summed E-state index contributed by atoms with van der Waals surface area (Å²) in [4.78, 5) is 38.7. The molecule has 2 aromatic rings. The molecule has 1 heterocycles. The Labute approximate surface area is 170 Å². The number of carboxylic acid groups (broad SMARTS) is 1. The third-order valence-electron chi connectivity index (χ3n) is 5.36. The van der Waals surface area contributed by atoms with Gasteiger partial charge in [0.15, 0.2) is 0 Å². The van der Waals surface area contributed by atoms with Gasteiger partial charge in [-0.3, -0.25) is 14.4 Å². The fourth-order valence-corrected chi connectivity index (χ4v) is 3.82. The number of hydrogen-bond donors (Lipinski definition) is 2. The van der Waals surface area contributed by atoms with E-state index in [1.807, 2.05) is 49.4 Å². The minimum absolute atomic E-state index is 0.0795. The Balaban J connectivity index is 1.70. The van der Waals surface area contributed by atoms with Gasteiger partial charge in [0.2, 0.25) is 5.91 Å². The van der Waals surface area contributed by atoms with E-state index in [9.17, 15) is 19.5 Å². The van der Waals surface area contributed by atoms with Crippen molar-refractivity contribution in [1.82, 2.24) is 10.2 Å². The summed E-state index contributed by atoms with van der Waals surface area (Å²) in [5.74, 6) is -1.60. The Morgan fingerprint density at radius 1 is 1.10 bits per heavy atom. The van der Waals surface area contributed by atoms with Crippen molar-refractivity contribution in [3.63, 3.8) is 0 Å². The van der Waals surface area contributed by atoms with E-state index in [-0.39, 0.29) is 24.2 Å². The van der Waals surface area contributed by atoms with Gasteiger partial charge >= 0.3 is 5.97 Å². The van der Waals surface area contributed by atoms with Crippen molar-refractivity contribution in [2.75, 3.05) is 13.1 Å². The third kappa shape index (κ3) is 5.22. The molecule has 2 unspecified atom stereocenters. The van der Waals surface area contributed by atoms with E-state index in [2.05, 4.69) is 5.32 Å². The summed E-state index contributed by atoms with van der Waals surface area (Å²) < 4.78 is 0. The zero-order chi connectivity index (χ0) is 20.8. The first kappa shape index (κ1) is 20.6. The normalized spacial score (nSPS) is 17.4. The predicted octanol–water partition coefficient (Wildman–Crippen LogP) is 3.18. The van der Waals surface area contributed by atoms with Crippen molar-refractivity contribution in [1.29, 1.82) is 0 Å². The highest BCUT2D eigenvalue weighted by molar-refractivity contribution is 5.94. The zero-order valence-electron chi connectivity index (χ0n) is 16.5. The molecule has 1 fully saturated rings. The average molecular weight is 394 g/mol. The van der Waals surface area contributed by atoms with E-state index < -0.39 is 12.0 Å². The lowest BCUT2D eigenvalue weighted by Gasteiger charge is -2.33. The fourth-order valence-electron chi connectivity index (χ4n) is 3.82. The van der Waals surface area contributed by atoms with Crippen molar-refractivity contribution in [3.05, 3.63) is 71.3 Å². The van der Waals surface area contributed by atoms with Gasteiger partial charge in [-0.1, -0.05) is 42.5 Å². The van der Waals surface area contributed by atoms with E-state index in [1.54, 1.807) is 17.0 Å². The van der Waals surface area contributed by atoms with Gasteiger partial charge in [0.25, 0.3) is 5.91 Å². The Morgan fingerprint density at radius 2 is 1.79 bits per heavy atom. The molecule has 1 saturated heterocycles. The summed E-state index contributed by atoms with van der Waals surface area (Å²) in [7, 11) is 0. The first-order valence-electron chi connectivity index (χ1n) is 9.87. The molecule has 2 N–H and O–H groups in total. The molecule has 2 amide bonds. The molecule has 0 bridgehead atoms. The van der Waals surface area contributed by atoms with Crippen LogP contribution in [0.4, 0.5) is 0 Å². The van der Waals surface area contributed by atoms with E-state index in [0.717, 1.165) is 17.5 Å². The maximum Gasteiger partial charge on any atom is 0.305 e. The lowest BCUT2D eigenvalue weighted by atomic mass is 9.94. The van der Waals surface area contributed by atoms with Gasteiger partial charge in [0, 0.05) is 18.7 Å². The second kappa shape index (κ2) is 9.37. The molecule has 0 saturated carbocycles. The van der Waals surface area contributed by atoms with Crippen LogP contribution in [0.1, 0.15) is 46.8 Å². The molecule has 1 aliphatic heterocycles. The van der Waals surface area contributed by atoms with Crippen LogP contribution < -0.4 is 5.32 Å². The molecule has 1 aliphatic rings. The van der Waals surface area contributed by atoms with Crippen molar-refractivity contribution < 1.29 is 19.5 Å². The standard InChI is InChI=1S/C23H26N2O4/c1-16-8-5-6-12-19(16)20(14-21(26)27)24-22(28)18-11-7-13-25(15-18)23(29)17-9-3-2-4-10-17/h2-6,8-10,12,18,20H,7,11,13-15H2,1H3,(H,24,28)(H,26,27). The number of carboxylic acids is 1. The highest BCUT2D eigenvalue weighted by atomic mass is 16.4. The van der Waals surface area contributed by atoms with Crippen LogP contribution in [0.25, 0.3) is 0 Å². The second-order valence-electron chi connectivity index (χ2n) is 7.47. The van der Waals surface area contributed by atoms with Crippen molar-refractivity contribution in [3.8, 4) is 0 Å². The monoisotopic (exact) mass is 394 g/mol. The number of piperidine rings is 1. The minimum Gasteiger partial charge on any atom is -0.481 e. The molecule has 0 aliphatic carbocycles. The van der Waals surface area contributed by atoms with Crippen molar-refractivity contribution >= 4 is 17.8 Å². The van der Waals surface area contributed by atoms with Gasteiger partial charge in [-0.2, -0.15) is 0 Å². The molecule has 152 valence electrons. The van der Waals surface area contributed by atoms with Gasteiger partial charge < -0.3 is 15.3 Å². The van der Waals surface area contributed by atoms with Crippen molar-refractivity contribution in [2.24, 2.45) is 5.92 Å². The summed E-state index contributed by atoms with van der Waals surface area (Å²) in [6.45, 7) is 2.86. The fraction of sp³-hybridized carbons (Fsp3) is 0.348. The number of nitrogens with one attached hydrogen (secondary N) is 1. The summed E-state index contributed by atoms with van der Waals surface area (Å²) >= 11 is 0. The topological polar surface area (TPSA) is 86.7 Å². The van der Waals surface area contributed by atoms with Crippen molar-refractivity contribution in [2.45, 2.75) is 32.2 Å². The summed E-state index contributed by atoms with van der Waals surface area (Å²) in [6.07, 6.45) is 1.23. The largest absolute Gasteiger partial charge is 0.481 e. The van der Waals surface area contributed by atoms with Gasteiger partial charge in [-0.25, -0.2) is 0 Å². The number of hydrogen-bond acceptors (Lipinski definition) is 3.